The molecule has 0 saturated heterocycles. The molecule has 2 amide bonds. The Bertz CT molecular complexity index is 437. The Morgan fingerprint density at radius 2 is 1.90 bits per heavy atom. The first-order valence-electron chi connectivity index (χ1n) is 6.51. The number of amides is 2. The molecule has 0 spiro atoms. The van der Waals surface area contributed by atoms with Gasteiger partial charge in [-0.3, -0.25) is 9.59 Å². The van der Waals surface area contributed by atoms with Gasteiger partial charge in [-0.1, -0.05) is 22.9 Å². The molecule has 0 atom stereocenters. The van der Waals surface area contributed by atoms with Gasteiger partial charge in [0, 0.05) is 23.1 Å². The second-order valence-corrected chi connectivity index (χ2v) is 6.23. The molecular formula is C14H19BrN2O2S. The summed E-state index contributed by atoms with van der Waals surface area (Å²) in [6.45, 7) is 2.45. The van der Waals surface area contributed by atoms with Crippen LogP contribution in [-0.2, 0) is 9.59 Å². The van der Waals surface area contributed by atoms with Gasteiger partial charge < -0.3 is 10.6 Å². The van der Waals surface area contributed by atoms with E-state index in [1.54, 1.807) is 11.8 Å². The van der Waals surface area contributed by atoms with Gasteiger partial charge in [-0.05, 0) is 36.4 Å². The van der Waals surface area contributed by atoms with E-state index in [2.05, 4.69) is 33.5 Å². The highest BCUT2D eigenvalue weighted by molar-refractivity contribution is 9.10. The van der Waals surface area contributed by atoms with Gasteiger partial charge in [-0.15, -0.1) is 0 Å². The SMILES string of the molecule is CCCSCC(=O)NCCC(=O)Nc1ccc(Br)cc1. The normalized spacial score (nSPS) is 10.1. The molecule has 0 aromatic heterocycles. The fraction of sp³-hybridized carbons (Fsp3) is 0.429. The molecule has 0 aliphatic heterocycles. The van der Waals surface area contributed by atoms with Crippen molar-refractivity contribution in [2.75, 3.05) is 23.4 Å². The summed E-state index contributed by atoms with van der Waals surface area (Å²) in [6.07, 6.45) is 1.34. The van der Waals surface area contributed by atoms with Crippen molar-refractivity contribution in [1.29, 1.82) is 0 Å². The number of nitrogens with one attached hydrogen (secondary N) is 2. The maximum atomic E-state index is 11.7. The first-order chi connectivity index (χ1) is 9.61. The van der Waals surface area contributed by atoms with Crippen molar-refractivity contribution in [1.82, 2.24) is 5.32 Å². The molecule has 1 rings (SSSR count). The Labute approximate surface area is 132 Å². The topological polar surface area (TPSA) is 58.2 Å². The predicted octanol–water partition coefficient (Wildman–Crippen LogP) is 3.04. The van der Waals surface area contributed by atoms with Crippen LogP contribution >= 0.6 is 27.7 Å². The summed E-state index contributed by atoms with van der Waals surface area (Å²) in [5.74, 6) is 1.33. The second kappa shape index (κ2) is 9.83. The zero-order valence-electron chi connectivity index (χ0n) is 11.4. The Balaban J connectivity index is 2.17. The lowest BCUT2D eigenvalue weighted by Gasteiger charge is -2.06. The highest BCUT2D eigenvalue weighted by Gasteiger charge is 2.04. The molecule has 0 aliphatic rings. The molecule has 0 heterocycles. The first kappa shape index (κ1) is 17.0. The molecule has 4 nitrogen and oxygen atoms in total. The molecule has 0 fully saturated rings. The number of carbonyl (C=O) groups excluding carboxylic acids is 2. The quantitative estimate of drug-likeness (QED) is 0.702. The van der Waals surface area contributed by atoms with Crippen LogP contribution in [0.1, 0.15) is 19.8 Å². The van der Waals surface area contributed by atoms with Crippen LogP contribution in [0.2, 0.25) is 0 Å². The van der Waals surface area contributed by atoms with E-state index in [-0.39, 0.29) is 18.2 Å². The van der Waals surface area contributed by atoms with Crippen molar-refractivity contribution < 1.29 is 9.59 Å². The summed E-state index contributed by atoms with van der Waals surface area (Å²) < 4.78 is 0.965. The van der Waals surface area contributed by atoms with Crippen LogP contribution < -0.4 is 10.6 Å². The van der Waals surface area contributed by atoms with Crippen molar-refractivity contribution >= 4 is 45.2 Å². The summed E-state index contributed by atoms with van der Waals surface area (Å²) in [6, 6.07) is 7.37. The minimum Gasteiger partial charge on any atom is -0.355 e. The molecule has 1 aromatic carbocycles. The first-order valence-corrected chi connectivity index (χ1v) is 8.46. The van der Waals surface area contributed by atoms with E-state index in [9.17, 15) is 9.59 Å². The summed E-state index contributed by atoms with van der Waals surface area (Å²) in [7, 11) is 0. The summed E-state index contributed by atoms with van der Waals surface area (Å²) >= 11 is 4.94. The second-order valence-electron chi connectivity index (χ2n) is 4.21. The maximum Gasteiger partial charge on any atom is 0.230 e. The van der Waals surface area contributed by atoms with Crippen molar-refractivity contribution in [3.05, 3.63) is 28.7 Å². The van der Waals surface area contributed by atoms with Gasteiger partial charge in [0.2, 0.25) is 11.8 Å². The monoisotopic (exact) mass is 358 g/mol. The van der Waals surface area contributed by atoms with Gasteiger partial charge in [0.25, 0.3) is 0 Å². The number of hydrogen-bond acceptors (Lipinski definition) is 3. The van der Waals surface area contributed by atoms with E-state index in [0.717, 1.165) is 22.3 Å². The molecule has 2 N–H and O–H groups in total. The lowest BCUT2D eigenvalue weighted by Crippen LogP contribution is -2.29. The zero-order valence-corrected chi connectivity index (χ0v) is 13.9. The van der Waals surface area contributed by atoms with Gasteiger partial charge in [0.1, 0.15) is 0 Å². The molecule has 0 radical (unpaired) electrons. The standard InChI is InChI=1S/C14H19BrN2O2S/c1-2-9-20-10-14(19)16-8-7-13(18)17-12-5-3-11(15)4-6-12/h3-6H,2,7-10H2,1H3,(H,16,19)(H,17,18). The third-order valence-corrected chi connectivity index (χ3v) is 4.08. The van der Waals surface area contributed by atoms with E-state index >= 15 is 0 Å². The van der Waals surface area contributed by atoms with Crippen LogP contribution in [0.15, 0.2) is 28.7 Å². The summed E-state index contributed by atoms with van der Waals surface area (Å²) in [4.78, 5) is 23.1. The lowest BCUT2D eigenvalue weighted by atomic mass is 10.3. The average molecular weight is 359 g/mol. The van der Waals surface area contributed by atoms with Crippen LogP contribution in [-0.4, -0.2) is 29.9 Å². The Kier molecular flexibility index (Phi) is 8.37. The fourth-order valence-electron chi connectivity index (χ4n) is 1.43. The number of halogens is 1. The van der Waals surface area contributed by atoms with Gasteiger partial charge in [-0.2, -0.15) is 11.8 Å². The van der Waals surface area contributed by atoms with Crippen LogP contribution in [0.3, 0.4) is 0 Å². The van der Waals surface area contributed by atoms with Crippen molar-refractivity contribution in [3.8, 4) is 0 Å². The summed E-state index contributed by atoms with van der Waals surface area (Å²) in [5, 5.41) is 5.52. The van der Waals surface area contributed by atoms with Gasteiger partial charge in [0.05, 0.1) is 5.75 Å². The summed E-state index contributed by atoms with van der Waals surface area (Å²) in [5.41, 5.74) is 0.753. The van der Waals surface area contributed by atoms with Crippen LogP contribution in [0, 0.1) is 0 Å². The predicted molar refractivity (Wildman–Crippen MR) is 88.0 cm³/mol. The van der Waals surface area contributed by atoms with Gasteiger partial charge in [-0.25, -0.2) is 0 Å². The van der Waals surface area contributed by atoms with E-state index in [1.165, 1.54) is 0 Å². The van der Waals surface area contributed by atoms with E-state index < -0.39 is 0 Å². The van der Waals surface area contributed by atoms with Gasteiger partial charge in [0.15, 0.2) is 0 Å². The average Bonchev–Trinajstić information content (AvgIpc) is 2.42. The Morgan fingerprint density at radius 1 is 1.20 bits per heavy atom. The highest BCUT2D eigenvalue weighted by Crippen LogP contribution is 2.14. The molecular weight excluding hydrogens is 340 g/mol. The van der Waals surface area contributed by atoms with Crippen LogP contribution in [0.5, 0.6) is 0 Å². The Hall–Kier alpha value is -1.01. The number of carbonyl (C=O) groups is 2. The van der Waals surface area contributed by atoms with Crippen LogP contribution in [0.25, 0.3) is 0 Å². The van der Waals surface area contributed by atoms with E-state index in [4.69, 9.17) is 0 Å². The van der Waals surface area contributed by atoms with Crippen molar-refractivity contribution in [2.24, 2.45) is 0 Å². The number of benzene rings is 1. The smallest absolute Gasteiger partial charge is 0.230 e. The van der Waals surface area contributed by atoms with Crippen molar-refractivity contribution in [2.45, 2.75) is 19.8 Å². The third-order valence-electron chi connectivity index (χ3n) is 2.38. The Morgan fingerprint density at radius 3 is 2.55 bits per heavy atom. The number of rotatable bonds is 8. The highest BCUT2D eigenvalue weighted by atomic mass is 79.9. The van der Waals surface area contributed by atoms with E-state index in [1.807, 2.05) is 24.3 Å². The third kappa shape index (κ3) is 7.55. The molecule has 0 unspecified atom stereocenters. The van der Waals surface area contributed by atoms with Crippen molar-refractivity contribution in [3.63, 3.8) is 0 Å². The largest absolute Gasteiger partial charge is 0.355 e. The van der Waals surface area contributed by atoms with Crippen LogP contribution in [0.4, 0.5) is 5.69 Å². The molecule has 0 bridgehead atoms. The minimum absolute atomic E-state index is 0.0140. The number of anilines is 1. The molecule has 1 aromatic rings. The minimum atomic E-state index is -0.103. The molecule has 20 heavy (non-hydrogen) atoms. The maximum absolute atomic E-state index is 11.7. The molecule has 0 aliphatic carbocycles. The molecule has 110 valence electrons. The van der Waals surface area contributed by atoms with Gasteiger partial charge >= 0.3 is 0 Å². The molecule has 6 heteroatoms. The zero-order chi connectivity index (χ0) is 14.8. The number of thioether (sulfide) groups is 1. The number of hydrogen-bond donors (Lipinski definition) is 2. The fourth-order valence-corrected chi connectivity index (χ4v) is 2.42. The lowest BCUT2D eigenvalue weighted by molar-refractivity contribution is -0.119. The van der Waals surface area contributed by atoms with E-state index in [0.29, 0.717) is 12.3 Å². The molecule has 0 saturated carbocycles.